The van der Waals surface area contributed by atoms with Crippen molar-refractivity contribution in [1.82, 2.24) is 16.0 Å². The summed E-state index contributed by atoms with van der Waals surface area (Å²) in [6.07, 6.45) is 1.17. The molecule has 3 N–H and O–H groups in total. The van der Waals surface area contributed by atoms with Crippen LogP contribution in [-0.4, -0.2) is 42.6 Å². The van der Waals surface area contributed by atoms with Gasteiger partial charge >= 0.3 is 0 Å². The van der Waals surface area contributed by atoms with Gasteiger partial charge in [-0.1, -0.05) is 27.2 Å². The Hall–Kier alpha value is -1.92. The van der Waals surface area contributed by atoms with Crippen LogP contribution in [0.5, 0.6) is 0 Å². The Labute approximate surface area is 125 Å². The van der Waals surface area contributed by atoms with Gasteiger partial charge in [0.25, 0.3) is 0 Å². The summed E-state index contributed by atoms with van der Waals surface area (Å²) < 4.78 is 0. The van der Waals surface area contributed by atoms with E-state index in [0.29, 0.717) is 12.8 Å². The lowest BCUT2D eigenvalue weighted by molar-refractivity contribution is -0.131. The molecule has 7 heteroatoms. The van der Waals surface area contributed by atoms with E-state index in [1.165, 1.54) is 6.92 Å². The van der Waals surface area contributed by atoms with Crippen molar-refractivity contribution in [2.24, 2.45) is 5.92 Å². The van der Waals surface area contributed by atoms with Crippen molar-refractivity contribution in [3.05, 3.63) is 0 Å². The Morgan fingerprint density at radius 1 is 1.00 bits per heavy atom. The average Bonchev–Trinajstić information content (AvgIpc) is 2.41. The zero-order chi connectivity index (χ0) is 16.4. The van der Waals surface area contributed by atoms with E-state index < -0.39 is 11.9 Å². The van der Waals surface area contributed by atoms with E-state index in [1.807, 2.05) is 6.92 Å². The molecule has 0 radical (unpaired) electrons. The number of carbonyl (C=O) groups is 4. The number of hydrogen-bond donors (Lipinski definition) is 3. The summed E-state index contributed by atoms with van der Waals surface area (Å²) in [5.41, 5.74) is 0. The third-order valence-electron chi connectivity index (χ3n) is 2.81. The topological polar surface area (TPSA) is 104 Å². The van der Waals surface area contributed by atoms with Gasteiger partial charge in [0.05, 0.1) is 13.1 Å². The summed E-state index contributed by atoms with van der Waals surface area (Å²) >= 11 is 0. The molecule has 21 heavy (non-hydrogen) atoms. The summed E-state index contributed by atoms with van der Waals surface area (Å²) in [5, 5.41) is 7.44. The van der Waals surface area contributed by atoms with Gasteiger partial charge in [-0.15, -0.1) is 0 Å². The molecule has 0 aromatic carbocycles. The van der Waals surface area contributed by atoms with Crippen molar-refractivity contribution < 1.29 is 19.2 Å². The maximum absolute atomic E-state index is 12.0. The molecule has 0 aromatic heterocycles. The number of ketones is 1. The molecule has 1 unspecified atom stereocenters. The summed E-state index contributed by atoms with van der Waals surface area (Å²) in [7, 11) is 0. The average molecular weight is 299 g/mol. The molecule has 7 nitrogen and oxygen atoms in total. The van der Waals surface area contributed by atoms with Gasteiger partial charge < -0.3 is 16.0 Å². The van der Waals surface area contributed by atoms with Crippen LogP contribution in [0.1, 0.15) is 40.5 Å². The number of nitrogens with one attached hydrogen (secondary N) is 3. The first-order valence-electron chi connectivity index (χ1n) is 7.12. The predicted octanol–water partition coefficient (Wildman–Crippen LogP) is -0.251. The Morgan fingerprint density at radius 3 is 2.10 bits per heavy atom. The largest absolute Gasteiger partial charge is 0.347 e. The van der Waals surface area contributed by atoms with Crippen LogP contribution in [-0.2, 0) is 19.2 Å². The summed E-state index contributed by atoms with van der Waals surface area (Å²) in [5.74, 6) is -1.35. The van der Waals surface area contributed by atoms with E-state index in [-0.39, 0.29) is 36.6 Å². The van der Waals surface area contributed by atoms with E-state index in [0.717, 1.165) is 0 Å². The molecule has 0 aromatic rings. The standard InChI is InChI=1S/C14H25N3O4/c1-5-6-11(17-13(20)8-15-10(4)18)14(21)16-7-12(19)9(2)3/h9,11H,5-8H2,1-4H3,(H,15,18)(H,16,21)(H,17,20). The fraction of sp³-hybridized carbons (Fsp3) is 0.714. The molecule has 0 rings (SSSR count). The highest BCUT2D eigenvalue weighted by Gasteiger charge is 2.20. The van der Waals surface area contributed by atoms with Crippen molar-refractivity contribution in [2.75, 3.05) is 13.1 Å². The van der Waals surface area contributed by atoms with E-state index in [1.54, 1.807) is 13.8 Å². The molecular weight excluding hydrogens is 274 g/mol. The fourth-order valence-electron chi connectivity index (χ4n) is 1.51. The van der Waals surface area contributed by atoms with Crippen LogP contribution in [0.4, 0.5) is 0 Å². The SMILES string of the molecule is CCCC(NC(=O)CNC(C)=O)C(=O)NCC(=O)C(C)C. The molecule has 0 heterocycles. The van der Waals surface area contributed by atoms with Gasteiger partial charge in [0.1, 0.15) is 6.04 Å². The van der Waals surface area contributed by atoms with E-state index in [9.17, 15) is 19.2 Å². The Bertz CT molecular complexity index is 394. The highest BCUT2D eigenvalue weighted by Crippen LogP contribution is 1.98. The van der Waals surface area contributed by atoms with Crippen LogP contribution in [0, 0.1) is 5.92 Å². The van der Waals surface area contributed by atoms with Gasteiger partial charge in [0, 0.05) is 12.8 Å². The lowest BCUT2D eigenvalue weighted by Gasteiger charge is -2.18. The van der Waals surface area contributed by atoms with Crippen LogP contribution in [0.3, 0.4) is 0 Å². The zero-order valence-electron chi connectivity index (χ0n) is 13.1. The third-order valence-corrected chi connectivity index (χ3v) is 2.81. The van der Waals surface area contributed by atoms with Gasteiger partial charge in [0.15, 0.2) is 5.78 Å². The van der Waals surface area contributed by atoms with Crippen molar-refractivity contribution in [3.8, 4) is 0 Å². The molecule has 0 bridgehead atoms. The lowest BCUT2D eigenvalue weighted by atomic mass is 10.1. The number of hydrogen-bond acceptors (Lipinski definition) is 4. The van der Waals surface area contributed by atoms with E-state index >= 15 is 0 Å². The minimum atomic E-state index is -0.698. The van der Waals surface area contributed by atoms with Crippen molar-refractivity contribution in [2.45, 2.75) is 46.6 Å². The molecular formula is C14H25N3O4. The molecule has 0 saturated carbocycles. The predicted molar refractivity (Wildman–Crippen MR) is 78.4 cm³/mol. The van der Waals surface area contributed by atoms with Crippen LogP contribution in [0.25, 0.3) is 0 Å². The maximum atomic E-state index is 12.0. The second-order valence-electron chi connectivity index (χ2n) is 5.16. The smallest absolute Gasteiger partial charge is 0.242 e. The van der Waals surface area contributed by atoms with E-state index in [2.05, 4.69) is 16.0 Å². The number of rotatable bonds is 9. The minimum Gasteiger partial charge on any atom is -0.347 e. The highest BCUT2D eigenvalue weighted by atomic mass is 16.2. The van der Waals surface area contributed by atoms with Gasteiger partial charge in [-0.05, 0) is 6.42 Å². The monoisotopic (exact) mass is 299 g/mol. The molecule has 0 aliphatic heterocycles. The Kier molecular flexibility index (Phi) is 9.00. The molecule has 0 spiro atoms. The van der Waals surface area contributed by atoms with E-state index in [4.69, 9.17) is 0 Å². The zero-order valence-corrected chi connectivity index (χ0v) is 13.1. The third kappa shape index (κ3) is 8.78. The molecule has 3 amide bonds. The van der Waals surface area contributed by atoms with Crippen LogP contribution >= 0.6 is 0 Å². The molecule has 0 aliphatic carbocycles. The fourth-order valence-corrected chi connectivity index (χ4v) is 1.51. The molecule has 120 valence electrons. The Balaban J connectivity index is 4.38. The summed E-state index contributed by atoms with van der Waals surface area (Å²) in [6.45, 7) is 6.49. The normalized spacial score (nSPS) is 11.7. The van der Waals surface area contributed by atoms with Gasteiger partial charge in [-0.2, -0.15) is 0 Å². The number of Topliss-reactive ketones (excluding diaryl/α,β-unsaturated/α-hetero) is 1. The van der Waals surface area contributed by atoms with Crippen molar-refractivity contribution >= 4 is 23.5 Å². The summed E-state index contributed by atoms with van der Waals surface area (Å²) in [6, 6.07) is -0.698. The van der Waals surface area contributed by atoms with Gasteiger partial charge in [-0.3, -0.25) is 19.2 Å². The lowest BCUT2D eigenvalue weighted by Crippen LogP contribution is -2.50. The van der Waals surface area contributed by atoms with Crippen LogP contribution in [0.2, 0.25) is 0 Å². The van der Waals surface area contributed by atoms with Crippen molar-refractivity contribution in [3.63, 3.8) is 0 Å². The number of amides is 3. The van der Waals surface area contributed by atoms with Crippen LogP contribution in [0.15, 0.2) is 0 Å². The summed E-state index contributed by atoms with van der Waals surface area (Å²) in [4.78, 5) is 45.8. The molecule has 0 saturated heterocycles. The van der Waals surface area contributed by atoms with Crippen LogP contribution < -0.4 is 16.0 Å². The highest BCUT2D eigenvalue weighted by molar-refractivity contribution is 5.92. The maximum Gasteiger partial charge on any atom is 0.242 e. The first-order valence-corrected chi connectivity index (χ1v) is 7.12. The van der Waals surface area contributed by atoms with Gasteiger partial charge in [0.2, 0.25) is 17.7 Å². The molecule has 0 fully saturated rings. The molecule has 0 aliphatic rings. The first-order chi connectivity index (χ1) is 9.77. The van der Waals surface area contributed by atoms with Gasteiger partial charge in [-0.25, -0.2) is 0 Å². The quantitative estimate of drug-likeness (QED) is 0.546. The second kappa shape index (κ2) is 9.90. The number of carbonyl (C=O) groups excluding carboxylic acids is 4. The second-order valence-corrected chi connectivity index (χ2v) is 5.16. The first kappa shape index (κ1) is 19.1. The molecule has 1 atom stereocenters. The van der Waals surface area contributed by atoms with Crippen molar-refractivity contribution in [1.29, 1.82) is 0 Å². The minimum absolute atomic E-state index is 0.0434. The Morgan fingerprint density at radius 2 is 1.62 bits per heavy atom.